The Hall–Kier alpha value is -1.99. The summed E-state index contributed by atoms with van der Waals surface area (Å²) in [6, 6.07) is 4.56. The summed E-state index contributed by atoms with van der Waals surface area (Å²) >= 11 is 0. The Labute approximate surface area is 110 Å². The molecule has 1 saturated heterocycles. The largest absolute Gasteiger partial charge is 0.324 e. The molecule has 2 atom stereocenters. The minimum Gasteiger partial charge on any atom is -0.324 e. The highest BCUT2D eigenvalue weighted by Gasteiger charge is 2.26. The highest BCUT2D eigenvalue weighted by atomic mass is 16.6. The molecule has 0 bridgehead atoms. The highest BCUT2D eigenvalue weighted by molar-refractivity contribution is 5.95. The quantitative estimate of drug-likeness (QED) is 0.561. The van der Waals surface area contributed by atoms with E-state index >= 15 is 0 Å². The van der Waals surface area contributed by atoms with E-state index in [1.54, 1.807) is 19.1 Å². The zero-order valence-electron chi connectivity index (χ0n) is 10.8. The molecule has 1 aromatic rings. The van der Waals surface area contributed by atoms with Gasteiger partial charge in [0.2, 0.25) is 5.91 Å². The number of amides is 1. The summed E-state index contributed by atoms with van der Waals surface area (Å²) < 4.78 is 0. The third kappa shape index (κ3) is 3.07. The van der Waals surface area contributed by atoms with Gasteiger partial charge in [-0.05, 0) is 26.3 Å². The maximum absolute atomic E-state index is 11.9. The minimum atomic E-state index is -0.456. The maximum Gasteiger partial charge on any atom is 0.274 e. The predicted octanol–water partition coefficient (Wildman–Crippen LogP) is 1.10. The van der Waals surface area contributed by atoms with Crippen LogP contribution < -0.4 is 16.2 Å². The van der Waals surface area contributed by atoms with Crippen LogP contribution in [-0.4, -0.2) is 22.9 Å². The number of hydrogen-bond donors (Lipinski definition) is 3. The van der Waals surface area contributed by atoms with Crippen LogP contribution >= 0.6 is 0 Å². The smallest absolute Gasteiger partial charge is 0.274 e. The molecular weight excluding hydrogens is 248 g/mol. The van der Waals surface area contributed by atoms with Crippen LogP contribution in [0.15, 0.2) is 18.2 Å². The van der Waals surface area contributed by atoms with E-state index in [2.05, 4.69) is 16.2 Å². The monoisotopic (exact) mass is 264 g/mol. The van der Waals surface area contributed by atoms with E-state index in [9.17, 15) is 14.9 Å². The summed E-state index contributed by atoms with van der Waals surface area (Å²) in [7, 11) is 0. The van der Waals surface area contributed by atoms with Crippen LogP contribution in [0, 0.1) is 17.0 Å². The van der Waals surface area contributed by atoms with Crippen LogP contribution in [-0.2, 0) is 4.79 Å². The van der Waals surface area contributed by atoms with Gasteiger partial charge in [-0.3, -0.25) is 20.3 Å². The maximum atomic E-state index is 11.9. The topological polar surface area (TPSA) is 96.3 Å². The summed E-state index contributed by atoms with van der Waals surface area (Å²) in [6.45, 7) is 3.63. The molecule has 1 amide bonds. The fourth-order valence-corrected chi connectivity index (χ4v) is 2.00. The van der Waals surface area contributed by atoms with Gasteiger partial charge in [-0.25, -0.2) is 5.43 Å². The number of anilines is 1. The molecule has 1 aliphatic rings. The zero-order chi connectivity index (χ0) is 14.0. The first-order valence-corrected chi connectivity index (χ1v) is 6.04. The first kappa shape index (κ1) is 13.4. The van der Waals surface area contributed by atoms with Gasteiger partial charge in [0.15, 0.2) is 0 Å². The van der Waals surface area contributed by atoms with Gasteiger partial charge in [0, 0.05) is 23.4 Å². The fourth-order valence-electron chi connectivity index (χ4n) is 2.00. The molecule has 7 nitrogen and oxygen atoms in total. The number of nitro benzene ring substituents is 1. The molecule has 1 heterocycles. The molecule has 0 aromatic heterocycles. The summed E-state index contributed by atoms with van der Waals surface area (Å²) in [6.07, 6.45) is 0.680. The van der Waals surface area contributed by atoms with Gasteiger partial charge in [0.05, 0.1) is 4.92 Å². The second-order valence-electron chi connectivity index (χ2n) is 4.73. The number of nitrogens with zero attached hydrogens (tertiary/aromatic N) is 1. The van der Waals surface area contributed by atoms with Crippen molar-refractivity contribution in [2.75, 3.05) is 5.32 Å². The van der Waals surface area contributed by atoms with Gasteiger partial charge < -0.3 is 5.32 Å². The van der Waals surface area contributed by atoms with Crippen molar-refractivity contribution in [3.05, 3.63) is 33.9 Å². The first-order valence-electron chi connectivity index (χ1n) is 6.04. The molecule has 2 unspecified atom stereocenters. The van der Waals surface area contributed by atoms with Gasteiger partial charge in [-0.1, -0.05) is 6.07 Å². The van der Waals surface area contributed by atoms with E-state index in [0.717, 1.165) is 0 Å². The number of benzene rings is 1. The van der Waals surface area contributed by atoms with Gasteiger partial charge in [-0.15, -0.1) is 0 Å². The number of aryl methyl sites for hydroxylation is 1. The third-order valence-electron chi connectivity index (χ3n) is 3.08. The van der Waals surface area contributed by atoms with Gasteiger partial charge in [-0.2, -0.15) is 0 Å². The van der Waals surface area contributed by atoms with Crippen molar-refractivity contribution < 1.29 is 9.72 Å². The van der Waals surface area contributed by atoms with Gasteiger partial charge in [0.1, 0.15) is 6.04 Å². The van der Waals surface area contributed by atoms with Crippen LogP contribution in [0.3, 0.4) is 0 Å². The van der Waals surface area contributed by atoms with Crippen molar-refractivity contribution in [3.8, 4) is 0 Å². The summed E-state index contributed by atoms with van der Waals surface area (Å²) in [5.41, 5.74) is 6.84. The van der Waals surface area contributed by atoms with Gasteiger partial charge in [0.25, 0.3) is 5.69 Å². The third-order valence-corrected chi connectivity index (χ3v) is 3.08. The molecule has 1 fully saturated rings. The second kappa shape index (κ2) is 5.33. The SMILES string of the molecule is Cc1ccc(NC(=O)C2CC(C)NN2)cc1[N+](=O)[O-]. The standard InChI is InChI=1S/C12H16N4O3/c1-7-3-4-9(6-11(7)16(18)19)13-12(17)10-5-8(2)14-15-10/h3-4,6,8,10,14-15H,5H2,1-2H3,(H,13,17). The normalized spacial score (nSPS) is 22.2. The number of nitrogens with one attached hydrogen (secondary N) is 3. The Bertz CT molecular complexity index is 518. The first-order chi connectivity index (χ1) is 8.97. The lowest BCUT2D eigenvalue weighted by Crippen LogP contribution is -2.39. The molecule has 0 spiro atoms. The number of hydrogen-bond acceptors (Lipinski definition) is 5. The molecule has 0 radical (unpaired) electrons. The van der Waals surface area contributed by atoms with E-state index in [1.807, 2.05) is 6.92 Å². The Balaban J connectivity index is 2.09. The Morgan fingerprint density at radius 2 is 2.21 bits per heavy atom. The number of nitro groups is 1. The van der Waals surface area contributed by atoms with Gasteiger partial charge >= 0.3 is 0 Å². The Kier molecular flexibility index (Phi) is 3.77. The number of carbonyl (C=O) groups is 1. The number of rotatable bonds is 3. The van der Waals surface area contributed by atoms with E-state index < -0.39 is 4.92 Å². The van der Waals surface area contributed by atoms with Crippen molar-refractivity contribution in [3.63, 3.8) is 0 Å². The Morgan fingerprint density at radius 3 is 2.79 bits per heavy atom. The summed E-state index contributed by atoms with van der Waals surface area (Å²) in [5.74, 6) is -0.199. The average molecular weight is 264 g/mol. The zero-order valence-corrected chi connectivity index (χ0v) is 10.8. The molecule has 2 rings (SSSR count). The van der Waals surface area contributed by atoms with E-state index in [0.29, 0.717) is 17.7 Å². The molecule has 0 saturated carbocycles. The van der Waals surface area contributed by atoms with Crippen molar-refractivity contribution in [2.24, 2.45) is 0 Å². The van der Waals surface area contributed by atoms with Crippen molar-refractivity contribution in [2.45, 2.75) is 32.4 Å². The van der Waals surface area contributed by atoms with E-state index in [-0.39, 0.29) is 23.7 Å². The average Bonchev–Trinajstić information content (AvgIpc) is 2.78. The lowest BCUT2D eigenvalue weighted by atomic mass is 10.1. The van der Waals surface area contributed by atoms with Crippen LogP contribution in [0.25, 0.3) is 0 Å². The van der Waals surface area contributed by atoms with Crippen LogP contribution in [0.4, 0.5) is 11.4 Å². The van der Waals surface area contributed by atoms with Crippen molar-refractivity contribution in [1.29, 1.82) is 0 Å². The lowest BCUT2D eigenvalue weighted by molar-refractivity contribution is -0.385. The van der Waals surface area contributed by atoms with E-state index in [4.69, 9.17) is 0 Å². The molecule has 1 aliphatic heterocycles. The molecule has 102 valence electrons. The molecule has 0 aliphatic carbocycles. The van der Waals surface area contributed by atoms with Crippen molar-refractivity contribution in [1.82, 2.24) is 10.9 Å². The van der Waals surface area contributed by atoms with E-state index in [1.165, 1.54) is 6.07 Å². The highest BCUT2D eigenvalue weighted by Crippen LogP contribution is 2.22. The van der Waals surface area contributed by atoms with Crippen LogP contribution in [0.5, 0.6) is 0 Å². The predicted molar refractivity (Wildman–Crippen MR) is 70.6 cm³/mol. The molecule has 19 heavy (non-hydrogen) atoms. The van der Waals surface area contributed by atoms with Crippen LogP contribution in [0.1, 0.15) is 18.9 Å². The van der Waals surface area contributed by atoms with Crippen molar-refractivity contribution >= 4 is 17.3 Å². The van der Waals surface area contributed by atoms with Crippen LogP contribution in [0.2, 0.25) is 0 Å². The number of carbonyl (C=O) groups excluding carboxylic acids is 1. The summed E-state index contributed by atoms with van der Waals surface area (Å²) in [4.78, 5) is 22.3. The number of hydrazine groups is 1. The lowest BCUT2D eigenvalue weighted by Gasteiger charge is -2.10. The molecule has 1 aromatic carbocycles. The second-order valence-corrected chi connectivity index (χ2v) is 4.73. The minimum absolute atomic E-state index is 0.00340. The summed E-state index contributed by atoms with van der Waals surface area (Å²) in [5, 5.41) is 13.5. The Morgan fingerprint density at radius 1 is 1.47 bits per heavy atom. The fraction of sp³-hybridized carbons (Fsp3) is 0.417. The molecular formula is C12H16N4O3. The molecule has 7 heteroatoms. The molecule has 3 N–H and O–H groups in total.